The fraction of sp³-hybridized carbons (Fsp3) is 0.125. The largest absolute Gasteiger partial charge is 1.00 e. The van der Waals surface area contributed by atoms with Crippen molar-refractivity contribution in [2.24, 2.45) is 0 Å². The number of benzene rings is 1. The third-order valence-electron chi connectivity index (χ3n) is 1.20. The number of hydrogen-bond donors (Lipinski definition) is 1. The van der Waals surface area contributed by atoms with Gasteiger partial charge in [0.05, 0.1) is 6.42 Å². The Kier molecular flexibility index (Phi) is 6.70. The molecule has 0 bridgehead atoms. The zero-order valence-electron chi connectivity index (χ0n) is 7.45. The normalized spacial score (nSPS) is 8.36. The monoisotopic (exact) mass is 270 g/mol. The second-order valence-corrected chi connectivity index (χ2v) is 2.06. The van der Waals surface area contributed by atoms with Crippen molar-refractivity contribution >= 4 is 5.97 Å². The zero-order chi connectivity index (χ0) is 7.40. The van der Waals surface area contributed by atoms with Crippen molar-refractivity contribution < 1.29 is 80.2 Å². The van der Waals surface area contributed by atoms with Gasteiger partial charge in [0, 0.05) is 0 Å². The Hall–Kier alpha value is 0.742. The first-order valence-electron chi connectivity index (χ1n) is 3.05. The molecule has 0 saturated heterocycles. The average Bonchev–Trinajstić information content (AvgIpc) is 1.88. The molecule has 1 aromatic carbocycles. The molecule has 0 atom stereocenters. The van der Waals surface area contributed by atoms with E-state index in [-0.39, 0.29) is 76.7 Å². The summed E-state index contributed by atoms with van der Waals surface area (Å²) in [7, 11) is 0. The maximum absolute atomic E-state index is 10.2. The van der Waals surface area contributed by atoms with Gasteiger partial charge in [-0.3, -0.25) is 4.79 Å². The molecule has 0 aromatic heterocycles. The Morgan fingerprint density at radius 1 is 1.36 bits per heavy atom. The van der Waals surface area contributed by atoms with Crippen LogP contribution in [0.4, 0.5) is 0 Å². The average molecular weight is 270 g/mol. The standard InChI is InChI=1S/C8H8O2.Cs.H/c9-8(10)6-7-4-2-1-3-5-7;;/h1-5H,6H2,(H,9,10);;/q;+1;-1. The summed E-state index contributed by atoms with van der Waals surface area (Å²) in [6.45, 7) is 0. The Labute approximate surface area is 126 Å². The van der Waals surface area contributed by atoms with Gasteiger partial charge in [0.1, 0.15) is 0 Å². The predicted molar refractivity (Wildman–Crippen MR) is 38.9 cm³/mol. The van der Waals surface area contributed by atoms with Gasteiger partial charge in [-0.2, -0.15) is 0 Å². The minimum Gasteiger partial charge on any atom is -1.00 e. The number of carbonyl (C=O) groups is 1. The third-order valence-corrected chi connectivity index (χ3v) is 1.20. The fourth-order valence-corrected chi connectivity index (χ4v) is 0.770. The second-order valence-electron chi connectivity index (χ2n) is 2.06. The summed E-state index contributed by atoms with van der Waals surface area (Å²) in [5, 5.41) is 8.37. The maximum atomic E-state index is 10.2. The quantitative estimate of drug-likeness (QED) is 0.705. The molecular weight excluding hydrogens is 261 g/mol. The third kappa shape index (κ3) is 5.06. The van der Waals surface area contributed by atoms with Gasteiger partial charge in [-0.25, -0.2) is 0 Å². The van der Waals surface area contributed by atoms with Crippen molar-refractivity contribution in [1.82, 2.24) is 0 Å². The summed E-state index contributed by atoms with van der Waals surface area (Å²) in [5.41, 5.74) is 0.843. The Balaban J connectivity index is 0. The van der Waals surface area contributed by atoms with Gasteiger partial charge in [-0.15, -0.1) is 0 Å². The number of hydrogen-bond acceptors (Lipinski definition) is 1. The molecule has 0 amide bonds. The van der Waals surface area contributed by atoms with E-state index < -0.39 is 5.97 Å². The molecule has 2 nitrogen and oxygen atoms in total. The van der Waals surface area contributed by atoms with E-state index in [2.05, 4.69) is 0 Å². The van der Waals surface area contributed by atoms with Crippen LogP contribution in [-0.4, -0.2) is 11.1 Å². The van der Waals surface area contributed by atoms with Gasteiger partial charge in [-0.1, -0.05) is 30.3 Å². The topological polar surface area (TPSA) is 37.3 Å². The van der Waals surface area contributed by atoms with Gasteiger partial charge >= 0.3 is 74.9 Å². The molecule has 11 heavy (non-hydrogen) atoms. The van der Waals surface area contributed by atoms with Crippen LogP contribution >= 0.6 is 0 Å². The zero-order valence-corrected chi connectivity index (χ0v) is 12.7. The smallest absolute Gasteiger partial charge is 1.00 e. The number of rotatable bonds is 2. The van der Waals surface area contributed by atoms with Crippen LogP contribution in [0.2, 0.25) is 0 Å². The molecule has 0 unspecified atom stereocenters. The second kappa shape index (κ2) is 6.28. The van der Waals surface area contributed by atoms with Crippen LogP contribution < -0.4 is 68.9 Å². The first-order chi connectivity index (χ1) is 4.79. The summed E-state index contributed by atoms with van der Waals surface area (Å²) in [5.74, 6) is -0.786. The van der Waals surface area contributed by atoms with E-state index in [4.69, 9.17) is 5.11 Å². The molecule has 1 rings (SSSR count). The molecule has 0 aliphatic heterocycles. The van der Waals surface area contributed by atoms with Crippen LogP contribution in [-0.2, 0) is 11.2 Å². The van der Waals surface area contributed by atoms with E-state index in [0.29, 0.717) is 0 Å². The summed E-state index contributed by atoms with van der Waals surface area (Å²) < 4.78 is 0. The molecule has 0 fully saturated rings. The van der Waals surface area contributed by atoms with Crippen LogP contribution in [0.25, 0.3) is 0 Å². The van der Waals surface area contributed by atoms with Crippen molar-refractivity contribution in [2.45, 2.75) is 6.42 Å². The summed E-state index contributed by atoms with van der Waals surface area (Å²) >= 11 is 0. The van der Waals surface area contributed by atoms with E-state index in [0.717, 1.165) is 5.56 Å². The SMILES string of the molecule is O=C(O)Cc1ccccc1.[Cs+].[H-]. The predicted octanol–water partition coefficient (Wildman–Crippen LogP) is -1.57. The Bertz CT molecular complexity index is 226. The van der Waals surface area contributed by atoms with E-state index in [1.165, 1.54) is 0 Å². The summed E-state index contributed by atoms with van der Waals surface area (Å²) in [4.78, 5) is 10.2. The van der Waals surface area contributed by atoms with E-state index in [1.807, 2.05) is 18.2 Å². The number of carboxylic acids is 1. The molecule has 0 aliphatic carbocycles. The molecule has 54 valence electrons. The van der Waals surface area contributed by atoms with Gasteiger partial charge in [0.2, 0.25) is 0 Å². The van der Waals surface area contributed by atoms with E-state index in [9.17, 15) is 4.79 Å². The van der Waals surface area contributed by atoms with Crippen LogP contribution in [0.5, 0.6) is 0 Å². The van der Waals surface area contributed by atoms with Crippen LogP contribution in [0, 0.1) is 0 Å². The van der Waals surface area contributed by atoms with Crippen LogP contribution in [0.1, 0.15) is 6.99 Å². The molecule has 0 radical (unpaired) electrons. The molecule has 0 aliphatic rings. The van der Waals surface area contributed by atoms with Crippen molar-refractivity contribution in [3.05, 3.63) is 35.9 Å². The van der Waals surface area contributed by atoms with Crippen LogP contribution in [0.3, 0.4) is 0 Å². The molecule has 0 saturated carbocycles. The summed E-state index contributed by atoms with van der Waals surface area (Å²) in [6.07, 6.45) is 0.112. The molecule has 1 aromatic rings. The first-order valence-corrected chi connectivity index (χ1v) is 3.05. The Morgan fingerprint density at radius 3 is 2.36 bits per heavy atom. The van der Waals surface area contributed by atoms with Crippen LogP contribution in [0.15, 0.2) is 30.3 Å². The van der Waals surface area contributed by atoms with Crippen molar-refractivity contribution in [2.75, 3.05) is 0 Å². The summed E-state index contributed by atoms with van der Waals surface area (Å²) in [6, 6.07) is 9.13. The van der Waals surface area contributed by atoms with Crippen molar-refractivity contribution in [3.8, 4) is 0 Å². The van der Waals surface area contributed by atoms with Gasteiger partial charge in [0.25, 0.3) is 0 Å². The minimum atomic E-state index is -0.786. The Morgan fingerprint density at radius 2 is 1.91 bits per heavy atom. The van der Waals surface area contributed by atoms with Gasteiger partial charge < -0.3 is 6.53 Å². The number of carboxylic acid groups (broad SMARTS) is 1. The number of aliphatic carboxylic acids is 1. The van der Waals surface area contributed by atoms with E-state index >= 15 is 0 Å². The van der Waals surface area contributed by atoms with Gasteiger partial charge in [-0.05, 0) is 5.56 Å². The van der Waals surface area contributed by atoms with Gasteiger partial charge in [0.15, 0.2) is 0 Å². The molecular formula is C8H9CsO2. The molecule has 0 spiro atoms. The molecule has 0 heterocycles. The minimum absolute atomic E-state index is 0. The van der Waals surface area contributed by atoms with E-state index in [1.54, 1.807) is 12.1 Å². The first kappa shape index (κ1) is 11.7. The molecule has 1 N–H and O–H groups in total. The molecule has 3 heteroatoms. The van der Waals surface area contributed by atoms with Crippen molar-refractivity contribution in [1.29, 1.82) is 0 Å². The fourth-order valence-electron chi connectivity index (χ4n) is 0.770. The van der Waals surface area contributed by atoms with Crippen molar-refractivity contribution in [3.63, 3.8) is 0 Å². The maximum Gasteiger partial charge on any atom is 1.00 e.